The topological polar surface area (TPSA) is 72.3 Å². The van der Waals surface area contributed by atoms with E-state index in [4.69, 9.17) is 9.84 Å². The van der Waals surface area contributed by atoms with Gasteiger partial charge < -0.3 is 9.84 Å². The fourth-order valence-electron chi connectivity index (χ4n) is 0.934. The summed E-state index contributed by atoms with van der Waals surface area (Å²) in [4.78, 5) is 18.4. The van der Waals surface area contributed by atoms with Gasteiger partial charge in [-0.3, -0.25) is 0 Å². The van der Waals surface area contributed by atoms with Crippen molar-refractivity contribution in [3.63, 3.8) is 0 Å². The first kappa shape index (κ1) is 11.2. The number of rotatable bonds is 4. The summed E-state index contributed by atoms with van der Waals surface area (Å²) in [5.74, 6) is -1.09. The first-order chi connectivity index (χ1) is 7.13. The summed E-state index contributed by atoms with van der Waals surface area (Å²) in [6.07, 6.45) is 3.61. The second-order valence-electron chi connectivity index (χ2n) is 2.86. The molecule has 0 aromatic carbocycles. The summed E-state index contributed by atoms with van der Waals surface area (Å²) in [6, 6.07) is 1.48. The molecule has 0 aliphatic carbocycles. The Bertz CT molecular complexity index is 388. The van der Waals surface area contributed by atoms with Crippen LogP contribution in [0.5, 0.6) is 6.01 Å². The lowest BCUT2D eigenvalue weighted by atomic mass is 10.3. The van der Waals surface area contributed by atoms with Crippen LogP contribution in [0.25, 0.3) is 0 Å². The van der Waals surface area contributed by atoms with E-state index in [9.17, 15) is 4.79 Å². The minimum Gasteiger partial charge on any atom is -0.477 e. The molecule has 0 atom stereocenters. The number of ether oxygens (including phenoxy) is 1. The number of carbonyl (C=O) groups is 1. The lowest BCUT2D eigenvalue weighted by Crippen LogP contribution is -2.06. The largest absolute Gasteiger partial charge is 0.477 e. The molecule has 1 aromatic rings. The van der Waals surface area contributed by atoms with Crippen LogP contribution in [0.15, 0.2) is 18.2 Å². The van der Waals surface area contributed by atoms with E-state index in [1.54, 1.807) is 13.0 Å². The van der Waals surface area contributed by atoms with Gasteiger partial charge in [0.2, 0.25) is 0 Å². The highest BCUT2D eigenvalue weighted by Crippen LogP contribution is 2.06. The van der Waals surface area contributed by atoms with E-state index in [2.05, 4.69) is 9.97 Å². The van der Waals surface area contributed by atoms with E-state index in [1.807, 2.05) is 13.0 Å². The van der Waals surface area contributed by atoms with Gasteiger partial charge in [-0.1, -0.05) is 12.2 Å². The predicted octanol–water partition coefficient (Wildman–Crippen LogP) is 1.44. The van der Waals surface area contributed by atoms with E-state index in [0.29, 0.717) is 12.3 Å². The van der Waals surface area contributed by atoms with Crippen molar-refractivity contribution in [2.75, 3.05) is 6.61 Å². The second kappa shape index (κ2) is 5.09. The molecule has 0 spiro atoms. The van der Waals surface area contributed by atoms with Crippen LogP contribution >= 0.6 is 0 Å². The number of aryl methyl sites for hydroxylation is 1. The first-order valence-electron chi connectivity index (χ1n) is 4.46. The molecule has 0 saturated carbocycles. The van der Waals surface area contributed by atoms with E-state index in [0.717, 1.165) is 0 Å². The van der Waals surface area contributed by atoms with Crippen LogP contribution in [0.2, 0.25) is 0 Å². The third-order valence-electron chi connectivity index (χ3n) is 1.60. The van der Waals surface area contributed by atoms with Crippen molar-refractivity contribution in [2.45, 2.75) is 13.8 Å². The van der Waals surface area contributed by atoms with E-state index < -0.39 is 5.97 Å². The highest BCUT2D eigenvalue weighted by atomic mass is 16.5. The molecule has 0 aliphatic rings. The van der Waals surface area contributed by atoms with Crippen LogP contribution in [0.4, 0.5) is 0 Å². The second-order valence-corrected chi connectivity index (χ2v) is 2.86. The van der Waals surface area contributed by atoms with Gasteiger partial charge in [0.05, 0.1) is 0 Å². The third kappa shape index (κ3) is 3.38. The highest BCUT2D eigenvalue weighted by molar-refractivity contribution is 5.85. The molecule has 0 unspecified atom stereocenters. The highest BCUT2D eigenvalue weighted by Gasteiger charge is 2.08. The summed E-state index contributed by atoms with van der Waals surface area (Å²) in [7, 11) is 0. The van der Waals surface area contributed by atoms with Crippen molar-refractivity contribution in [3.05, 3.63) is 29.6 Å². The van der Waals surface area contributed by atoms with Crippen molar-refractivity contribution in [1.82, 2.24) is 9.97 Å². The summed E-state index contributed by atoms with van der Waals surface area (Å²) in [5.41, 5.74) is 0.510. The number of carboxylic acid groups (broad SMARTS) is 1. The average molecular weight is 208 g/mol. The zero-order valence-corrected chi connectivity index (χ0v) is 8.60. The number of hydrogen-bond donors (Lipinski definition) is 1. The van der Waals surface area contributed by atoms with E-state index in [-0.39, 0.29) is 11.7 Å². The third-order valence-corrected chi connectivity index (χ3v) is 1.60. The van der Waals surface area contributed by atoms with E-state index >= 15 is 0 Å². The molecule has 5 nitrogen and oxygen atoms in total. The molecule has 80 valence electrons. The zero-order chi connectivity index (χ0) is 11.3. The van der Waals surface area contributed by atoms with E-state index in [1.165, 1.54) is 6.07 Å². The van der Waals surface area contributed by atoms with Gasteiger partial charge in [-0.05, 0) is 19.9 Å². The van der Waals surface area contributed by atoms with Crippen LogP contribution in [-0.2, 0) is 0 Å². The van der Waals surface area contributed by atoms with Crippen molar-refractivity contribution in [1.29, 1.82) is 0 Å². The van der Waals surface area contributed by atoms with Gasteiger partial charge >= 0.3 is 12.0 Å². The van der Waals surface area contributed by atoms with Crippen molar-refractivity contribution in [3.8, 4) is 6.01 Å². The molecular weight excluding hydrogens is 196 g/mol. The Morgan fingerprint density at radius 3 is 2.93 bits per heavy atom. The molecule has 5 heteroatoms. The maximum Gasteiger partial charge on any atom is 0.354 e. The van der Waals surface area contributed by atoms with Gasteiger partial charge in [-0.2, -0.15) is 4.98 Å². The minimum atomic E-state index is -1.09. The molecule has 15 heavy (non-hydrogen) atoms. The quantitative estimate of drug-likeness (QED) is 0.758. The Morgan fingerprint density at radius 2 is 2.33 bits per heavy atom. The molecule has 0 saturated heterocycles. The average Bonchev–Trinajstić information content (AvgIpc) is 2.17. The number of nitrogens with zero attached hydrogens (tertiary/aromatic N) is 2. The Balaban J connectivity index is 2.84. The van der Waals surface area contributed by atoms with Gasteiger partial charge in [0, 0.05) is 5.69 Å². The van der Waals surface area contributed by atoms with Gasteiger partial charge in [0.15, 0.2) is 5.69 Å². The van der Waals surface area contributed by atoms with Crippen LogP contribution in [0.3, 0.4) is 0 Å². The summed E-state index contributed by atoms with van der Waals surface area (Å²) >= 11 is 0. The molecule has 1 N–H and O–H groups in total. The smallest absolute Gasteiger partial charge is 0.354 e. The lowest BCUT2D eigenvalue weighted by Gasteiger charge is -2.03. The zero-order valence-electron chi connectivity index (χ0n) is 8.60. The number of aromatic nitrogens is 2. The number of allylic oxidation sites excluding steroid dienone is 1. The number of hydrogen-bond acceptors (Lipinski definition) is 4. The fourth-order valence-corrected chi connectivity index (χ4v) is 0.934. The molecule has 0 radical (unpaired) electrons. The minimum absolute atomic E-state index is 0.0574. The molecule has 1 rings (SSSR count). The van der Waals surface area contributed by atoms with Crippen LogP contribution in [0.1, 0.15) is 23.1 Å². The normalized spacial score (nSPS) is 10.5. The van der Waals surface area contributed by atoms with Crippen LogP contribution in [0, 0.1) is 6.92 Å². The standard InChI is InChI=1S/C10H12N2O3/c1-3-4-5-15-10-11-7(2)6-8(12-10)9(13)14/h3-4,6H,5H2,1-2H3,(H,13,14)/b4-3+. The number of carboxylic acids is 1. The van der Waals surface area contributed by atoms with Gasteiger partial charge in [0.1, 0.15) is 6.61 Å². The Labute approximate surface area is 87.4 Å². The van der Waals surface area contributed by atoms with Crippen LogP contribution < -0.4 is 4.74 Å². The predicted molar refractivity (Wildman–Crippen MR) is 54.0 cm³/mol. The molecule has 1 heterocycles. The Hall–Kier alpha value is -1.91. The number of aromatic carboxylic acids is 1. The first-order valence-corrected chi connectivity index (χ1v) is 4.46. The summed E-state index contributed by atoms with van der Waals surface area (Å²) < 4.78 is 5.15. The SMILES string of the molecule is C/C=C/COc1nc(C)cc(C(=O)O)n1. The lowest BCUT2D eigenvalue weighted by molar-refractivity contribution is 0.0688. The Kier molecular flexibility index (Phi) is 3.79. The monoisotopic (exact) mass is 208 g/mol. The molecule has 0 bridgehead atoms. The molecular formula is C10H12N2O3. The van der Waals surface area contributed by atoms with Gasteiger partial charge in [-0.25, -0.2) is 9.78 Å². The molecule has 0 fully saturated rings. The maximum atomic E-state index is 10.7. The fraction of sp³-hybridized carbons (Fsp3) is 0.300. The molecule has 1 aromatic heterocycles. The Morgan fingerprint density at radius 1 is 1.60 bits per heavy atom. The van der Waals surface area contributed by atoms with Crippen molar-refractivity contribution < 1.29 is 14.6 Å². The molecule has 0 amide bonds. The summed E-state index contributed by atoms with van der Waals surface area (Å²) in [6.45, 7) is 3.89. The molecule has 0 aliphatic heterocycles. The van der Waals surface area contributed by atoms with Gasteiger partial charge in [0.25, 0.3) is 0 Å². The van der Waals surface area contributed by atoms with Crippen molar-refractivity contribution in [2.24, 2.45) is 0 Å². The van der Waals surface area contributed by atoms with Gasteiger partial charge in [-0.15, -0.1) is 0 Å². The summed E-state index contributed by atoms with van der Waals surface area (Å²) in [5, 5.41) is 8.75. The van der Waals surface area contributed by atoms with Crippen molar-refractivity contribution >= 4 is 5.97 Å². The maximum absolute atomic E-state index is 10.7. The van der Waals surface area contributed by atoms with Crippen LogP contribution in [-0.4, -0.2) is 27.7 Å².